The topological polar surface area (TPSA) is 74.3 Å². The molecule has 3 aliphatic heterocycles. The van der Waals surface area contributed by atoms with Gasteiger partial charge in [0.05, 0.1) is 13.2 Å². The molecule has 0 aliphatic carbocycles. The lowest BCUT2D eigenvalue weighted by molar-refractivity contribution is -0.682. The highest BCUT2D eigenvalue weighted by molar-refractivity contribution is 6.19. The minimum Gasteiger partial charge on any atom is -0.379 e. The predicted octanol–water partition coefficient (Wildman–Crippen LogP) is 1.50. The van der Waals surface area contributed by atoms with Crippen molar-refractivity contribution in [2.75, 3.05) is 46.4 Å². The molecule has 2 fully saturated rings. The van der Waals surface area contributed by atoms with Gasteiger partial charge in [-0.05, 0) is 32.9 Å². The average molecular weight is 438 g/mol. The van der Waals surface area contributed by atoms with Crippen LogP contribution in [0.15, 0.2) is 29.3 Å². The molecule has 4 heterocycles. The van der Waals surface area contributed by atoms with Crippen LogP contribution in [0.25, 0.3) is 5.69 Å². The molecule has 0 radical (unpaired) electrons. The Morgan fingerprint density at radius 1 is 1.06 bits per heavy atom. The molecule has 0 spiro atoms. The summed E-state index contributed by atoms with van der Waals surface area (Å²) in [6, 6.07) is 7.28. The molecule has 1 atom stereocenters. The Morgan fingerprint density at radius 2 is 1.75 bits per heavy atom. The SMILES string of the molecule is Cc1ccc(-n2c(C)c(C)[n+]3c2N=C2C3C(=O)N(CCN3CCOCC3)C(=O)N2C)cc1. The number of carbonyl (C=O) groups is 2. The highest BCUT2D eigenvalue weighted by Crippen LogP contribution is 2.33. The van der Waals surface area contributed by atoms with Crippen molar-refractivity contribution in [3.8, 4) is 5.69 Å². The summed E-state index contributed by atoms with van der Waals surface area (Å²) in [6.45, 7) is 10.1. The molecular weight excluding hydrogens is 408 g/mol. The summed E-state index contributed by atoms with van der Waals surface area (Å²) in [7, 11) is 1.70. The number of hydrogen-bond acceptors (Lipinski definition) is 5. The number of urea groups is 1. The fraction of sp³-hybridized carbons (Fsp3) is 0.478. The van der Waals surface area contributed by atoms with Crippen LogP contribution in [0.3, 0.4) is 0 Å². The second kappa shape index (κ2) is 7.83. The van der Waals surface area contributed by atoms with Crippen molar-refractivity contribution in [1.29, 1.82) is 0 Å². The number of hydrogen-bond donors (Lipinski definition) is 0. The normalized spacial score (nSPS) is 21.1. The molecule has 1 aromatic heterocycles. The Labute approximate surface area is 187 Å². The first-order chi connectivity index (χ1) is 15.4. The van der Waals surface area contributed by atoms with Gasteiger partial charge in [-0.15, -0.1) is 0 Å². The van der Waals surface area contributed by atoms with Crippen molar-refractivity contribution in [2.45, 2.75) is 26.8 Å². The maximum atomic E-state index is 13.6. The van der Waals surface area contributed by atoms with Crippen molar-refractivity contribution in [3.05, 3.63) is 41.2 Å². The summed E-state index contributed by atoms with van der Waals surface area (Å²) in [5.41, 5.74) is 4.15. The van der Waals surface area contributed by atoms with Crippen molar-refractivity contribution in [3.63, 3.8) is 0 Å². The number of ether oxygens (including phenoxy) is 1. The molecule has 0 N–H and O–H groups in total. The van der Waals surface area contributed by atoms with E-state index in [4.69, 9.17) is 9.73 Å². The second-order valence-corrected chi connectivity index (χ2v) is 8.67. The summed E-state index contributed by atoms with van der Waals surface area (Å²) in [4.78, 5) is 36.6. The average Bonchev–Trinajstić information content (AvgIpc) is 3.29. The predicted molar refractivity (Wildman–Crippen MR) is 118 cm³/mol. The highest BCUT2D eigenvalue weighted by Gasteiger charge is 2.54. The molecule has 1 unspecified atom stereocenters. The van der Waals surface area contributed by atoms with E-state index in [9.17, 15) is 9.59 Å². The monoisotopic (exact) mass is 437 g/mol. The van der Waals surface area contributed by atoms with E-state index < -0.39 is 6.04 Å². The van der Waals surface area contributed by atoms with Crippen molar-refractivity contribution >= 4 is 23.7 Å². The number of aryl methyl sites for hydroxylation is 1. The first-order valence-corrected chi connectivity index (χ1v) is 11.1. The Kier molecular flexibility index (Phi) is 5.10. The largest absolute Gasteiger partial charge is 0.407 e. The van der Waals surface area contributed by atoms with Gasteiger partial charge in [0.1, 0.15) is 17.1 Å². The number of benzene rings is 1. The minimum absolute atomic E-state index is 0.215. The van der Waals surface area contributed by atoms with Gasteiger partial charge in [-0.25, -0.2) is 9.36 Å². The van der Waals surface area contributed by atoms with Crippen LogP contribution in [-0.2, 0) is 9.53 Å². The number of aliphatic imine (C=N–C) groups is 1. The summed E-state index contributed by atoms with van der Waals surface area (Å²) in [5.74, 6) is 0.946. The molecule has 32 heavy (non-hydrogen) atoms. The van der Waals surface area contributed by atoms with Crippen molar-refractivity contribution in [2.24, 2.45) is 4.99 Å². The fourth-order valence-electron chi connectivity index (χ4n) is 4.71. The first kappa shape index (κ1) is 20.8. The zero-order valence-electron chi connectivity index (χ0n) is 19.0. The Hall–Kier alpha value is -3.04. The van der Waals surface area contributed by atoms with E-state index in [0.29, 0.717) is 38.1 Å². The summed E-state index contributed by atoms with van der Waals surface area (Å²) in [5, 5.41) is 0. The Bertz CT molecular complexity index is 1110. The number of morpholine rings is 1. The molecule has 168 valence electrons. The zero-order chi connectivity index (χ0) is 22.6. The molecule has 0 saturated carbocycles. The number of fused-ring (bicyclic) bond motifs is 3. The number of amides is 3. The lowest BCUT2D eigenvalue weighted by Gasteiger charge is -2.35. The number of likely N-dealkylation sites (N-methyl/N-ethyl adjacent to an activating group) is 1. The van der Waals surface area contributed by atoms with Gasteiger partial charge in [0, 0.05) is 33.2 Å². The van der Waals surface area contributed by atoms with Crippen LogP contribution in [0.1, 0.15) is 23.0 Å². The number of rotatable bonds is 4. The highest BCUT2D eigenvalue weighted by atomic mass is 16.5. The number of imidazole rings is 1. The maximum absolute atomic E-state index is 13.6. The van der Waals surface area contributed by atoms with Gasteiger partial charge in [-0.2, -0.15) is 4.57 Å². The third-order valence-electron chi connectivity index (χ3n) is 6.75. The van der Waals surface area contributed by atoms with Crippen LogP contribution in [0.4, 0.5) is 10.7 Å². The quantitative estimate of drug-likeness (QED) is 0.680. The van der Waals surface area contributed by atoms with Crippen molar-refractivity contribution < 1.29 is 18.9 Å². The number of aromatic nitrogens is 2. The number of imide groups is 1. The molecular formula is C23H29N6O3+. The molecule has 3 aliphatic rings. The van der Waals surface area contributed by atoms with Gasteiger partial charge in [0.15, 0.2) is 0 Å². The lowest BCUT2D eigenvalue weighted by atomic mass is 10.1. The molecule has 9 heteroatoms. The summed E-state index contributed by atoms with van der Waals surface area (Å²) < 4.78 is 9.43. The Morgan fingerprint density at radius 3 is 2.44 bits per heavy atom. The number of carbonyl (C=O) groups excluding carboxylic acids is 2. The van der Waals surface area contributed by atoms with Gasteiger partial charge >= 0.3 is 12.0 Å². The van der Waals surface area contributed by atoms with E-state index in [1.165, 1.54) is 15.4 Å². The van der Waals surface area contributed by atoms with Crippen LogP contribution in [-0.4, -0.2) is 83.5 Å². The second-order valence-electron chi connectivity index (χ2n) is 8.67. The minimum atomic E-state index is -0.622. The lowest BCUT2D eigenvalue weighted by Crippen LogP contribution is -2.64. The van der Waals surface area contributed by atoms with Crippen LogP contribution in [0.5, 0.6) is 0 Å². The maximum Gasteiger partial charge on any atom is 0.407 e. The van der Waals surface area contributed by atoms with E-state index >= 15 is 0 Å². The Balaban J connectivity index is 1.50. The molecule has 2 saturated heterocycles. The van der Waals surface area contributed by atoms with E-state index in [2.05, 4.69) is 40.7 Å². The fourth-order valence-corrected chi connectivity index (χ4v) is 4.71. The first-order valence-electron chi connectivity index (χ1n) is 11.1. The summed E-state index contributed by atoms with van der Waals surface area (Å²) >= 11 is 0. The van der Waals surface area contributed by atoms with Crippen molar-refractivity contribution in [1.82, 2.24) is 19.3 Å². The van der Waals surface area contributed by atoms with E-state index in [1.807, 2.05) is 18.4 Å². The standard InChI is InChI=1S/C23H29N6O3/c1-15-5-7-18(8-6-15)28-16(2)17(3)29-19-20(24-22(28)29)25(4)23(31)27(21(19)30)10-9-26-11-13-32-14-12-26/h5-8,19H,9-14H2,1-4H3/q+1. The molecule has 2 aromatic rings. The molecule has 9 nitrogen and oxygen atoms in total. The third kappa shape index (κ3) is 3.15. The number of amidine groups is 1. The van der Waals surface area contributed by atoms with Gasteiger partial charge in [0.2, 0.25) is 11.9 Å². The molecule has 1 aromatic carbocycles. The van der Waals surface area contributed by atoms with Crippen LogP contribution >= 0.6 is 0 Å². The van der Waals surface area contributed by atoms with E-state index in [-0.39, 0.29) is 11.9 Å². The van der Waals surface area contributed by atoms with Gasteiger partial charge in [-0.1, -0.05) is 22.7 Å². The zero-order valence-corrected chi connectivity index (χ0v) is 19.0. The van der Waals surface area contributed by atoms with Crippen LogP contribution in [0.2, 0.25) is 0 Å². The van der Waals surface area contributed by atoms with Gasteiger partial charge < -0.3 is 4.74 Å². The summed E-state index contributed by atoms with van der Waals surface area (Å²) in [6.07, 6.45) is 0. The smallest absolute Gasteiger partial charge is 0.379 e. The molecule has 3 amide bonds. The van der Waals surface area contributed by atoms with Gasteiger partial charge in [-0.3, -0.25) is 19.5 Å². The van der Waals surface area contributed by atoms with Crippen LogP contribution in [0, 0.1) is 20.8 Å². The van der Waals surface area contributed by atoms with Gasteiger partial charge in [0.25, 0.3) is 5.91 Å². The van der Waals surface area contributed by atoms with Crippen LogP contribution < -0.4 is 4.57 Å². The van der Waals surface area contributed by atoms with E-state index in [1.54, 1.807) is 7.05 Å². The number of nitrogens with zero attached hydrogens (tertiary/aromatic N) is 6. The third-order valence-corrected chi connectivity index (χ3v) is 6.75. The molecule has 5 rings (SSSR count). The van der Waals surface area contributed by atoms with E-state index in [0.717, 1.165) is 30.2 Å². The molecule has 0 bridgehead atoms.